The highest BCUT2D eigenvalue weighted by Gasteiger charge is 2.02. The van der Waals surface area contributed by atoms with E-state index < -0.39 is 0 Å². The number of hydrogen-bond donors (Lipinski definition) is 0. The summed E-state index contributed by atoms with van der Waals surface area (Å²) in [5.41, 5.74) is 0.882. The van der Waals surface area contributed by atoms with Gasteiger partial charge in [0.2, 0.25) is 0 Å². The molecule has 0 saturated heterocycles. The number of carbonyl (C=O) groups is 1. The Hall–Kier alpha value is -0.340. The molecule has 1 aromatic rings. The quantitative estimate of drug-likeness (QED) is 0.784. The van der Waals surface area contributed by atoms with Crippen LogP contribution >= 0.6 is 27.5 Å². The second-order valence-electron chi connectivity index (χ2n) is 2.61. The van der Waals surface area contributed by atoms with Gasteiger partial charge in [0.05, 0.1) is 0 Å². The van der Waals surface area contributed by atoms with Crippen LogP contribution in [0.5, 0.6) is 0 Å². The van der Waals surface area contributed by atoms with Gasteiger partial charge in [-0.05, 0) is 24.6 Å². The number of Topliss-reactive ketones (excluding diaryl/α,β-unsaturated/α-hetero) is 1. The molecule has 0 radical (unpaired) electrons. The van der Waals surface area contributed by atoms with E-state index in [1.54, 1.807) is 13.0 Å². The van der Waals surface area contributed by atoms with Crippen molar-refractivity contribution in [3.05, 3.63) is 33.3 Å². The lowest BCUT2D eigenvalue weighted by molar-refractivity contribution is -0.116. The smallest absolute Gasteiger partial charge is 0.134 e. The van der Waals surface area contributed by atoms with Crippen molar-refractivity contribution < 1.29 is 4.79 Å². The van der Waals surface area contributed by atoms with Gasteiger partial charge in [0.15, 0.2) is 0 Å². The van der Waals surface area contributed by atoms with Gasteiger partial charge in [0.1, 0.15) is 5.78 Å². The molecule has 12 heavy (non-hydrogen) atoms. The van der Waals surface area contributed by atoms with Gasteiger partial charge in [0, 0.05) is 15.9 Å². The van der Waals surface area contributed by atoms with E-state index in [-0.39, 0.29) is 5.78 Å². The maximum atomic E-state index is 10.8. The van der Waals surface area contributed by atoms with Gasteiger partial charge < -0.3 is 0 Å². The second-order valence-corrected chi connectivity index (χ2v) is 3.94. The van der Waals surface area contributed by atoms with Crippen LogP contribution in [0.1, 0.15) is 12.5 Å². The van der Waals surface area contributed by atoms with Gasteiger partial charge in [-0.3, -0.25) is 4.79 Å². The minimum atomic E-state index is 0.124. The van der Waals surface area contributed by atoms with Crippen LogP contribution in [0, 0.1) is 0 Å². The molecular weight excluding hydrogens is 239 g/mol. The SMILES string of the molecule is CC(=O)Cc1ccc(Br)cc1Cl. The lowest BCUT2D eigenvalue weighted by atomic mass is 10.1. The lowest BCUT2D eigenvalue weighted by Gasteiger charge is -2.01. The average Bonchev–Trinajstić information content (AvgIpc) is 1.94. The van der Waals surface area contributed by atoms with E-state index in [9.17, 15) is 4.79 Å². The molecule has 0 aliphatic carbocycles. The van der Waals surface area contributed by atoms with Crippen LogP contribution < -0.4 is 0 Å². The number of benzene rings is 1. The summed E-state index contributed by atoms with van der Waals surface area (Å²) < 4.78 is 0.930. The van der Waals surface area contributed by atoms with Crippen molar-refractivity contribution in [3.63, 3.8) is 0 Å². The van der Waals surface area contributed by atoms with E-state index in [4.69, 9.17) is 11.6 Å². The fraction of sp³-hybridized carbons (Fsp3) is 0.222. The van der Waals surface area contributed by atoms with Gasteiger partial charge in [-0.25, -0.2) is 0 Å². The van der Waals surface area contributed by atoms with Crippen LogP contribution in [0.25, 0.3) is 0 Å². The molecule has 0 aliphatic heterocycles. The van der Waals surface area contributed by atoms with Gasteiger partial charge in [-0.2, -0.15) is 0 Å². The first-order valence-electron chi connectivity index (χ1n) is 3.53. The molecule has 0 aromatic heterocycles. The van der Waals surface area contributed by atoms with Crippen molar-refractivity contribution in [2.75, 3.05) is 0 Å². The Kier molecular flexibility index (Phi) is 3.29. The zero-order chi connectivity index (χ0) is 9.14. The first-order chi connectivity index (χ1) is 5.59. The third-order valence-corrected chi connectivity index (χ3v) is 2.30. The van der Waals surface area contributed by atoms with Crippen LogP contribution in [-0.2, 0) is 11.2 Å². The molecule has 0 bridgehead atoms. The van der Waals surface area contributed by atoms with Gasteiger partial charge in [-0.15, -0.1) is 0 Å². The van der Waals surface area contributed by atoms with E-state index in [1.807, 2.05) is 12.1 Å². The molecule has 1 rings (SSSR count). The molecule has 0 unspecified atom stereocenters. The third-order valence-electron chi connectivity index (χ3n) is 1.45. The Morgan fingerprint density at radius 3 is 2.75 bits per heavy atom. The van der Waals surface area contributed by atoms with Crippen LogP contribution in [0.3, 0.4) is 0 Å². The Labute approximate surface area is 84.9 Å². The van der Waals surface area contributed by atoms with Crippen molar-refractivity contribution in [3.8, 4) is 0 Å². The molecule has 0 amide bonds. The molecule has 0 fully saturated rings. The number of halogens is 2. The summed E-state index contributed by atoms with van der Waals surface area (Å²) in [5.74, 6) is 0.124. The molecular formula is C9H8BrClO. The molecule has 64 valence electrons. The predicted molar refractivity (Wildman–Crippen MR) is 53.5 cm³/mol. The van der Waals surface area contributed by atoms with Crippen molar-refractivity contribution in [1.82, 2.24) is 0 Å². The summed E-state index contributed by atoms with van der Waals surface area (Å²) in [4.78, 5) is 10.8. The molecule has 1 nitrogen and oxygen atoms in total. The van der Waals surface area contributed by atoms with Gasteiger partial charge in [0.25, 0.3) is 0 Å². The number of rotatable bonds is 2. The van der Waals surface area contributed by atoms with Crippen LogP contribution in [0.2, 0.25) is 5.02 Å². The lowest BCUT2D eigenvalue weighted by Crippen LogP contribution is -1.96. The fourth-order valence-corrected chi connectivity index (χ4v) is 1.67. The van der Waals surface area contributed by atoms with Crippen molar-refractivity contribution in [2.24, 2.45) is 0 Å². The Balaban J connectivity index is 2.93. The summed E-state index contributed by atoms with van der Waals surface area (Å²) in [6.45, 7) is 1.55. The van der Waals surface area contributed by atoms with Gasteiger partial charge >= 0.3 is 0 Å². The molecule has 0 heterocycles. The van der Waals surface area contributed by atoms with Gasteiger partial charge in [-0.1, -0.05) is 33.6 Å². The molecule has 0 saturated carbocycles. The van der Waals surface area contributed by atoms with E-state index >= 15 is 0 Å². The molecule has 0 aliphatic rings. The molecule has 1 aromatic carbocycles. The van der Waals surface area contributed by atoms with Crippen LogP contribution in [0.15, 0.2) is 22.7 Å². The summed E-state index contributed by atoms with van der Waals surface area (Å²) in [5, 5.41) is 0.638. The maximum Gasteiger partial charge on any atom is 0.134 e. The summed E-state index contributed by atoms with van der Waals surface area (Å²) in [6, 6.07) is 5.53. The molecule has 0 spiro atoms. The fourth-order valence-electron chi connectivity index (χ4n) is 0.933. The predicted octanol–water partition coefficient (Wildman–Crippen LogP) is 3.23. The number of carbonyl (C=O) groups excluding carboxylic acids is 1. The largest absolute Gasteiger partial charge is 0.300 e. The minimum absolute atomic E-state index is 0.124. The van der Waals surface area contributed by atoms with E-state index in [2.05, 4.69) is 15.9 Å². The Morgan fingerprint density at radius 1 is 1.58 bits per heavy atom. The highest BCUT2D eigenvalue weighted by Crippen LogP contribution is 2.21. The normalized spacial score (nSPS) is 9.92. The van der Waals surface area contributed by atoms with Crippen LogP contribution in [-0.4, -0.2) is 5.78 Å². The maximum absolute atomic E-state index is 10.8. The summed E-state index contributed by atoms with van der Waals surface area (Å²) >= 11 is 9.18. The summed E-state index contributed by atoms with van der Waals surface area (Å²) in [6.07, 6.45) is 0.409. The zero-order valence-electron chi connectivity index (χ0n) is 6.60. The summed E-state index contributed by atoms with van der Waals surface area (Å²) in [7, 11) is 0. The monoisotopic (exact) mass is 246 g/mol. The van der Waals surface area contributed by atoms with E-state index in [0.29, 0.717) is 11.4 Å². The number of ketones is 1. The molecule has 0 atom stereocenters. The average molecular weight is 248 g/mol. The van der Waals surface area contributed by atoms with E-state index in [1.165, 1.54) is 0 Å². The first kappa shape index (κ1) is 9.75. The Bertz CT molecular complexity index is 309. The third kappa shape index (κ3) is 2.61. The standard InChI is InChI=1S/C9H8BrClO/c1-6(12)4-7-2-3-8(10)5-9(7)11/h2-3,5H,4H2,1H3. The second kappa shape index (κ2) is 4.06. The topological polar surface area (TPSA) is 17.1 Å². The molecule has 0 N–H and O–H groups in total. The highest BCUT2D eigenvalue weighted by molar-refractivity contribution is 9.10. The van der Waals surface area contributed by atoms with Crippen LogP contribution in [0.4, 0.5) is 0 Å². The van der Waals surface area contributed by atoms with Crippen molar-refractivity contribution in [2.45, 2.75) is 13.3 Å². The van der Waals surface area contributed by atoms with E-state index in [0.717, 1.165) is 10.0 Å². The Morgan fingerprint density at radius 2 is 2.25 bits per heavy atom. The van der Waals surface area contributed by atoms with Crippen molar-refractivity contribution >= 4 is 33.3 Å². The highest BCUT2D eigenvalue weighted by atomic mass is 79.9. The zero-order valence-corrected chi connectivity index (χ0v) is 8.95. The van der Waals surface area contributed by atoms with Crippen molar-refractivity contribution in [1.29, 1.82) is 0 Å². The number of hydrogen-bond acceptors (Lipinski definition) is 1. The molecule has 3 heteroatoms. The minimum Gasteiger partial charge on any atom is -0.300 e. The first-order valence-corrected chi connectivity index (χ1v) is 4.70.